The van der Waals surface area contributed by atoms with E-state index < -0.39 is 5.41 Å². The summed E-state index contributed by atoms with van der Waals surface area (Å²) in [6.45, 7) is 5.98. The van der Waals surface area contributed by atoms with Crippen molar-refractivity contribution in [3.05, 3.63) is 71.5 Å². The van der Waals surface area contributed by atoms with Crippen LogP contribution in [0.25, 0.3) is 0 Å². The Hall–Kier alpha value is -3.22. The Morgan fingerprint density at radius 1 is 0.912 bits per heavy atom. The highest BCUT2D eigenvalue weighted by Crippen LogP contribution is 2.35. The monoisotopic (exact) mass is 465 g/mol. The van der Waals surface area contributed by atoms with Gasteiger partial charge in [-0.2, -0.15) is 0 Å². The van der Waals surface area contributed by atoms with Crippen molar-refractivity contribution in [1.82, 2.24) is 14.7 Å². The maximum atomic E-state index is 13.9. The zero-order valence-corrected chi connectivity index (χ0v) is 19.9. The number of piperazine rings is 1. The topological polar surface area (TPSA) is 60.9 Å². The van der Waals surface area contributed by atoms with Gasteiger partial charge in [0, 0.05) is 45.1 Å². The standard InChI is InChI=1S/C27H32FN3O3/c1-20(32)31-17-16-30(19-24(31)21-8-4-3-5-9-21)26(34)27(2)12-14-29(15-13-27)25(33)18-22-10-6-7-11-23(22)28/h3-11,24H,12-19H2,1-2H3/t24-/m1/s1. The lowest BCUT2D eigenvalue weighted by Gasteiger charge is -2.46. The number of carbonyl (C=O) groups is 3. The van der Waals surface area contributed by atoms with Crippen molar-refractivity contribution in [2.45, 2.75) is 39.2 Å². The summed E-state index contributed by atoms with van der Waals surface area (Å²) in [5, 5.41) is 0. The number of amides is 3. The summed E-state index contributed by atoms with van der Waals surface area (Å²) in [6.07, 6.45) is 1.17. The maximum absolute atomic E-state index is 13.9. The molecule has 4 rings (SSSR count). The second kappa shape index (κ2) is 9.95. The molecule has 0 bridgehead atoms. The number of hydrogen-bond acceptors (Lipinski definition) is 3. The number of halogens is 1. The second-order valence-corrected chi connectivity index (χ2v) is 9.60. The molecule has 0 unspecified atom stereocenters. The molecule has 2 aliphatic rings. The van der Waals surface area contributed by atoms with E-state index in [4.69, 9.17) is 0 Å². The largest absolute Gasteiger partial charge is 0.342 e. The highest BCUT2D eigenvalue weighted by atomic mass is 19.1. The third kappa shape index (κ3) is 4.98. The Morgan fingerprint density at radius 3 is 2.21 bits per heavy atom. The van der Waals surface area contributed by atoms with Crippen molar-refractivity contribution in [3.8, 4) is 0 Å². The Bertz CT molecular complexity index is 1050. The van der Waals surface area contributed by atoms with Crippen LogP contribution in [0.2, 0.25) is 0 Å². The number of likely N-dealkylation sites (tertiary alicyclic amines) is 1. The van der Waals surface area contributed by atoms with Crippen LogP contribution >= 0.6 is 0 Å². The van der Waals surface area contributed by atoms with E-state index in [9.17, 15) is 18.8 Å². The van der Waals surface area contributed by atoms with E-state index in [2.05, 4.69) is 0 Å². The Labute approximate surface area is 200 Å². The SMILES string of the molecule is CC(=O)N1CCN(C(=O)C2(C)CCN(C(=O)Cc3ccccc3F)CC2)C[C@@H]1c1ccccc1. The molecule has 2 saturated heterocycles. The number of hydrogen-bond donors (Lipinski definition) is 0. The lowest BCUT2D eigenvalue weighted by molar-refractivity contribution is -0.152. The summed E-state index contributed by atoms with van der Waals surface area (Å²) in [5.74, 6) is -0.393. The van der Waals surface area contributed by atoms with Crippen LogP contribution in [0.1, 0.15) is 43.9 Å². The van der Waals surface area contributed by atoms with Gasteiger partial charge in [-0.1, -0.05) is 55.5 Å². The average Bonchev–Trinajstić information content (AvgIpc) is 2.85. The van der Waals surface area contributed by atoms with Gasteiger partial charge >= 0.3 is 0 Å². The van der Waals surface area contributed by atoms with Crippen LogP contribution in [0.3, 0.4) is 0 Å². The molecule has 6 nitrogen and oxygen atoms in total. The van der Waals surface area contributed by atoms with Gasteiger partial charge in [-0.05, 0) is 30.0 Å². The summed E-state index contributed by atoms with van der Waals surface area (Å²) in [4.78, 5) is 44.0. The van der Waals surface area contributed by atoms with E-state index >= 15 is 0 Å². The Morgan fingerprint density at radius 2 is 1.56 bits per heavy atom. The normalized spacial score (nSPS) is 20.2. The third-order valence-electron chi connectivity index (χ3n) is 7.29. The molecule has 0 aromatic heterocycles. The van der Waals surface area contributed by atoms with Gasteiger partial charge in [0.1, 0.15) is 5.82 Å². The van der Waals surface area contributed by atoms with E-state index in [0.717, 1.165) is 5.56 Å². The Kier molecular flexibility index (Phi) is 7.00. The van der Waals surface area contributed by atoms with Crippen LogP contribution < -0.4 is 0 Å². The number of rotatable bonds is 4. The first-order valence-corrected chi connectivity index (χ1v) is 11.9. The average molecular weight is 466 g/mol. The molecule has 0 N–H and O–H groups in total. The lowest BCUT2D eigenvalue weighted by atomic mass is 9.78. The molecule has 7 heteroatoms. The summed E-state index contributed by atoms with van der Waals surface area (Å²) in [5.41, 5.74) is 0.857. The number of carbonyl (C=O) groups excluding carboxylic acids is 3. The molecule has 3 amide bonds. The van der Waals surface area contributed by atoms with Crippen molar-refractivity contribution in [2.75, 3.05) is 32.7 Å². The molecule has 2 heterocycles. The van der Waals surface area contributed by atoms with Gasteiger partial charge in [-0.15, -0.1) is 0 Å². The van der Waals surface area contributed by atoms with E-state index in [1.54, 1.807) is 30.0 Å². The van der Waals surface area contributed by atoms with Crippen molar-refractivity contribution < 1.29 is 18.8 Å². The number of nitrogens with zero attached hydrogens (tertiary/aromatic N) is 3. The maximum Gasteiger partial charge on any atom is 0.228 e. The molecule has 2 aliphatic heterocycles. The second-order valence-electron chi connectivity index (χ2n) is 9.60. The first kappa shape index (κ1) is 23.9. The molecular weight excluding hydrogens is 433 g/mol. The smallest absolute Gasteiger partial charge is 0.228 e. The molecule has 0 saturated carbocycles. The van der Waals surface area contributed by atoms with Crippen LogP contribution in [0, 0.1) is 11.2 Å². The van der Waals surface area contributed by atoms with E-state index in [-0.39, 0.29) is 36.0 Å². The molecular formula is C27H32FN3O3. The van der Waals surface area contributed by atoms with Crippen molar-refractivity contribution in [2.24, 2.45) is 5.41 Å². The van der Waals surface area contributed by atoms with E-state index in [1.165, 1.54) is 6.07 Å². The van der Waals surface area contributed by atoms with E-state index in [0.29, 0.717) is 51.1 Å². The molecule has 0 aliphatic carbocycles. The van der Waals surface area contributed by atoms with Crippen molar-refractivity contribution >= 4 is 17.7 Å². The molecule has 180 valence electrons. The molecule has 2 aromatic carbocycles. The summed E-state index contributed by atoms with van der Waals surface area (Å²) in [6, 6.07) is 16.0. The highest BCUT2D eigenvalue weighted by molar-refractivity contribution is 5.84. The van der Waals surface area contributed by atoms with Gasteiger partial charge in [0.25, 0.3) is 0 Å². The third-order valence-corrected chi connectivity index (χ3v) is 7.29. The molecule has 2 aromatic rings. The fourth-order valence-electron chi connectivity index (χ4n) is 5.07. The minimum atomic E-state index is -0.561. The first-order chi connectivity index (χ1) is 16.3. The van der Waals surface area contributed by atoms with Gasteiger partial charge < -0.3 is 14.7 Å². The van der Waals surface area contributed by atoms with Gasteiger partial charge in [0.15, 0.2) is 0 Å². The van der Waals surface area contributed by atoms with Gasteiger partial charge in [0.05, 0.1) is 12.5 Å². The van der Waals surface area contributed by atoms with E-state index in [1.807, 2.05) is 47.1 Å². The predicted octanol–water partition coefficient (Wildman–Crippen LogP) is 3.43. The molecule has 34 heavy (non-hydrogen) atoms. The molecule has 2 fully saturated rings. The quantitative estimate of drug-likeness (QED) is 0.695. The van der Waals surface area contributed by atoms with Crippen LogP contribution in [0.15, 0.2) is 54.6 Å². The fourth-order valence-corrected chi connectivity index (χ4v) is 5.07. The summed E-state index contributed by atoms with van der Waals surface area (Å²) >= 11 is 0. The summed E-state index contributed by atoms with van der Waals surface area (Å²) in [7, 11) is 0. The number of piperidine rings is 1. The number of benzene rings is 2. The fraction of sp³-hybridized carbons (Fsp3) is 0.444. The zero-order chi connectivity index (χ0) is 24.3. The minimum Gasteiger partial charge on any atom is -0.342 e. The van der Waals surface area contributed by atoms with Gasteiger partial charge in [-0.25, -0.2) is 4.39 Å². The van der Waals surface area contributed by atoms with Crippen LogP contribution in [0.5, 0.6) is 0 Å². The van der Waals surface area contributed by atoms with Crippen LogP contribution in [0.4, 0.5) is 4.39 Å². The molecule has 0 radical (unpaired) electrons. The van der Waals surface area contributed by atoms with Gasteiger partial charge in [-0.3, -0.25) is 14.4 Å². The predicted molar refractivity (Wildman–Crippen MR) is 127 cm³/mol. The first-order valence-electron chi connectivity index (χ1n) is 11.9. The Balaban J connectivity index is 1.40. The summed E-state index contributed by atoms with van der Waals surface area (Å²) < 4.78 is 13.9. The van der Waals surface area contributed by atoms with Gasteiger partial charge in [0.2, 0.25) is 17.7 Å². The minimum absolute atomic E-state index is 0.00818. The van der Waals surface area contributed by atoms with Crippen molar-refractivity contribution in [3.63, 3.8) is 0 Å². The lowest BCUT2D eigenvalue weighted by Crippen LogP contribution is -2.56. The highest BCUT2D eigenvalue weighted by Gasteiger charge is 2.43. The molecule has 0 spiro atoms. The van der Waals surface area contributed by atoms with Crippen LogP contribution in [-0.2, 0) is 20.8 Å². The van der Waals surface area contributed by atoms with Crippen LogP contribution in [-0.4, -0.2) is 65.1 Å². The van der Waals surface area contributed by atoms with Crippen molar-refractivity contribution in [1.29, 1.82) is 0 Å². The zero-order valence-electron chi connectivity index (χ0n) is 19.9. The molecule has 1 atom stereocenters.